The molecule has 5 radical (unpaired) electrons. The topological polar surface area (TPSA) is 120 Å². The predicted octanol–water partition coefficient (Wildman–Crippen LogP) is -0.998. The first-order valence-electron chi connectivity index (χ1n) is 5.59. The van der Waals surface area contributed by atoms with Crippen molar-refractivity contribution in [3.63, 3.8) is 0 Å². The van der Waals surface area contributed by atoms with Gasteiger partial charge >= 0.3 is 18.5 Å². The standard InChI is InChI=1S/C6H5.3C2HF3O2.Pb/c1-2-4-6-5-3-1;3*3-2(4,5)1(6)7;/h1-5H;3*(H,6,7);/p-3. The van der Waals surface area contributed by atoms with Gasteiger partial charge in [0, 0.05) is 27.3 Å². The fourth-order valence-corrected chi connectivity index (χ4v) is 0.342. The summed E-state index contributed by atoms with van der Waals surface area (Å²) < 4.78 is 94.6. The first-order valence-corrected chi connectivity index (χ1v) is 5.59. The number of carbonyl (C=O) groups is 3. The molecule has 0 unspecified atom stereocenters. The second-order valence-corrected chi connectivity index (χ2v) is 3.43. The zero-order valence-electron chi connectivity index (χ0n) is 12.7. The number of carboxylic acid groups (broad SMARTS) is 3. The maximum absolute atomic E-state index is 10.5. The molecule has 1 rings (SSSR count). The molecule has 1 aromatic carbocycles. The van der Waals surface area contributed by atoms with Crippen LogP contribution >= 0.6 is 0 Å². The molecule has 0 fully saturated rings. The van der Waals surface area contributed by atoms with Crippen LogP contribution in [0.4, 0.5) is 39.5 Å². The summed E-state index contributed by atoms with van der Waals surface area (Å²) in [6, 6.07) is 12.5. The first-order chi connectivity index (χ1) is 11.8. The maximum Gasteiger partial charge on any atom is 0.430 e. The fraction of sp³-hybridized carbons (Fsp3) is 0.250. The molecule has 0 aliphatic heterocycles. The van der Waals surface area contributed by atoms with Gasteiger partial charge in [0.25, 0.3) is 0 Å². The van der Waals surface area contributed by atoms with E-state index in [9.17, 15) is 39.5 Å². The molecule has 0 N–H and O–H groups in total. The van der Waals surface area contributed by atoms with Crippen LogP contribution in [0.1, 0.15) is 0 Å². The van der Waals surface area contributed by atoms with Crippen LogP contribution in [-0.2, 0) is 14.4 Å². The molecule has 0 saturated carbocycles. The van der Waals surface area contributed by atoms with Gasteiger partial charge in [-0.3, -0.25) is 0 Å². The van der Waals surface area contributed by atoms with E-state index in [-0.39, 0.29) is 27.3 Å². The Balaban J connectivity index is -0.000000136. The fourth-order valence-electron chi connectivity index (χ4n) is 0.342. The quantitative estimate of drug-likeness (QED) is 0.270. The molecule has 0 saturated heterocycles. The first kappa shape index (κ1) is 33.5. The third-order valence-corrected chi connectivity index (χ3v) is 1.30. The maximum atomic E-state index is 10.5. The van der Waals surface area contributed by atoms with Crippen molar-refractivity contribution in [2.75, 3.05) is 0 Å². The minimum absolute atomic E-state index is 0. The third-order valence-electron chi connectivity index (χ3n) is 1.30. The molecule has 1 aromatic rings. The molecule has 159 valence electrons. The summed E-state index contributed by atoms with van der Waals surface area (Å²) >= 11 is 0. The zero-order chi connectivity index (χ0) is 22.5. The Hall–Kier alpha value is -2.08. The van der Waals surface area contributed by atoms with Gasteiger partial charge in [-0.25, -0.2) is 0 Å². The Labute approximate surface area is 169 Å². The molecular formula is C12H5F9O6Pb-3. The molecule has 0 aliphatic rings. The van der Waals surface area contributed by atoms with E-state index in [0.29, 0.717) is 0 Å². The molecule has 6 nitrogen and oxygen atoms in total. The summed E-state index contributed by atoms with van der Waals surface area (Å²) in [6.45, 7) is 0. The summed E-state index contributed by atoms with van der Waals surface area (Å²) in [6.07, 6.45) is -15.6. The van der Waals surface area contributed by atoms with E-state index in [4.69, 9.17) is 29.7 Å². The average molecular weight is 623 g/mol. The zero-order valence-corrected chi connectivity index (χ0v) is 16.6. The largest absolute Gasteiger partial charge is 0.542 e. The van der Waals surface area contributed by atoms with Gasteiger partial charge in [0.2, 0.25) is 0 Å². The smallest absolute Gasteiger partial charge is 0.430 e. The van der Waals surface area contributed by atoms with Crippen LogP contribution in [0, 0.1) is 6.07 Å². The number of aliphatic carboxylic acids is 3. The van der Waals surface area contributed by atoms with Gasteiger partial charge in [-0.05, 0) is 6.07 Å². The van der Waals surface area contributed by atoms with Crippen LogP contribution in [-0.4, -0.2) is 63.7 Å². The number of halogens is 9. The number of carboxylic acids is 3. The van der Waals surface area contributed by atoms with Gasteiger partial charge in [0.1, 0.15) is 17.9 Å². The van der Waals surface area contributed by atoms with E-state index in [0.717, 1.165) is 0 Å². The van der Waals surface area contributed by atoms with Gasteiger partial charge in [0.05, 0.1) is 0 Å². The summed E-state index contributed by atoms with van der Waals surface area (Å²) in [7, 11) is 0. The molecule has 0 atom stereocenters. The SMILES string of the molecule is O=C([O-])C(F)(F)F.O=C([O-])C(F)(F)F.O=C([O-])C(F)(F)F.[Pb].[c]1ccccc1. The summed E-state index contributed by atoms with van der Waals surface area (Å²) in [5.41, 5.74) is 0. The summed E-state index contributed by atoms with van der Waals surface area (Å²) in [4.78, 5) is 26.4. The monoisotopic (exact) mass is 624 g/mol. The van der Waals surface area contributed by atoms with E-state index in [1.807, 2.05) is 30.3 Å². The Kier molecular flexibility index (Phi) is 17.8. The van der Waals surface area contributed by atoms with Crippen molar-refractivity contribution in [3.05, 3.63) is 36.4 Å². The second-order valence-electron chi connectivity index (χ2n) is 3.43. The van der Waals surface area contributed by atoms with Gasteiger partial charge < -0.3 is 29.7 Å². The van der Waals surface area contributed by atoms with Gasteiger partial charge in [-0.2, -0.15) is 39.5 Å². The number of hydrogen-bond acceptors (Lipinski definition) is 6. The van der Waals surface area contributed by atoms with Gasteiger partial charge in [0.15, 0.2) is 0 Å². The molecular weight excluding hydrogens is 618 g/mol. The summed E-state index contributed by atoms with van der Waals surface area (Å²) in [5.74, 6) is -9.02. The average Bonchev–Trinajstić information content (AvgIpc) is 2.48. The Morgan fingerprint density at radius 1 is 0.571 bits per heavy atom. The number of alkyl halides is 9. The third kappa shape index (κ3) is 26.2. The van der Waals surface area contributed by atoms with E-state index in [2.05, 4.69) is 6.07 Å². The Morgan fingerprint density at radius 2 is 0.750 bits per heavy atom. The van der Waals surface area contributed by atoms with Crippen molar-refractivity contribution in [2.45, 2.75) is 18.5 Å². The molecule has 0 amide bonds. The molecule has 0 heterocycles. The van der Waals surface area contributed by atoms with Crippen LogP contribution in [0.3, 0.4) is 0 Å². The number of rotatable bonds is 0. The van der Waals surface area contributed by atoms with E-state index in [1.54, 1.807) is 0 Å². The summed E-state index contributed by atoms with van der Waals surface area (Å²) in [5, 5.41) is 26.4. The van der Waals surface area contributed by atoms with Crippen LogP contribution in [0.25, 0.3) is 0 Å². The normalized spacial score (nSPS) is 10.2. The van der Waals surface area contributed by atoms with E-state index >= 15 is 0 Å². The van der Waals surface area contributed by atoms with Crippen molar-refractivity contribution in [2.24, 2.45) is 0 Å². The molecule has 0 bridgehead atoms. The van der Waals surface area contributed by atoms with Crippen LogP contribution in [0.5, 0.6) is 0 Å². The minimum atomic E-state index is -5.19. The molecule has 0 aromatic heterocycles. The van der Waals surface area contributed by atoms with Crippen LogP contribution < -0.4 is 15.3 Å². The van der Waals surface area contributed by atoms with E-state index < -0.39 is 36.4 Å². The molecule has 28 heavy (non-hydrogen) atoms. The number of benzene rings is 1. The van der Waals surface area contributed by atoms with Crippen LogP contribution in [0.2, 0.25) is 0 Å². The van der Waals surface area contributed by atoms with Gasteiger partial charge in [-0.15, -0.1) is 0 Å². The van der Waals surface area contributed by atoms with Crippen molar-refractivity contribution < 1.29 is 69.2 Å². The van der Waals surface area contributed by atoms with Gasteiger partial charge in [-0.1, -0.05) is 30.3 Å². The minimum Gasteiger partial charge on any atom is -0.542 e. The van der Waals surface area contributed by atoms with E-state index in [1.165, 1.54) is 0 Å². The molecule has 0 aliphatic carbocycles. The second kappa shape index (κ2) is 14.9. The van der Waals surface area contributed by atoms with Crippen LogP contribution in [0.15, 0.2) is 30.3 Å². The van der Waals surface area contributed by atoms with Crippen molar-refractivity contribution in [3.8, 4) is 0 Å². The Morgan fingerprint density at radius 3 is 0.786 bits per heavy atom. The van der Waals surface area contributed by atoms with Crippen molar-refractivity contribution in [1.82, 2.24) is 0 Å². The molecule has 16 heteroatoms. The predicted molar refractivity (Wildman–Crippen MR) is 64.2 cm³/mol. The van der Waals surface area contributed by atoms with Crippen molar-refractivity contribution in [1.29, 1.82) is 0 Å². The Bertz CT molecular complexity index is 486. The number of carbonyl (C=O) groups excluding carboxylic acids is 3. The molecule has 0 spiro atoms. The number of hydrogen-bond donors (Lipinski definition) is 0. The van der Waals surface area contributed by atoms with Crippen molar-refractivity contribution >= 4 is 45.2 Å².